The first-order valence-electron chi connectivity index (χ1n) is 11.3. The summed E-state index contributed by atoms with van der Waals surface area (Å²) in [5, 5.41) is 5.67. The Bertz CT molecular complexity index is 1630. The molecule has 0 radical (unpaired) electrons. The largest absolute Gasteiger partial charge is 2.00 e. The molecule has 0 fully saturated rings. The van der Waals surface area contributed by atoms with E-state index in [2.05, 4.69) is 111 Å². The topological polar surface area (TPSA) is 25.8 Å². The standard InChI is InChI=1S/C31H20N2.Pt/c1-31(2)24-6-3-5-22(17-24)27-16-15-21-13-12-20-11-9-19-10-14-23(26-7-4-8-28(31)32-26)18-25(19)29(20)30(21)33-27;/h3-16H,1-2H3;/q-2;+2. The molecular weight excluding hydrogens is 595 g/mol. The predicted octanol–water partition coefficient (Wildman–Crippen LogP) is 7.51. The molecule has 7 rings (SSSR count). The minimum absolute atomic E-state index is 0. The zero-order valence-electron chi connectivity index (χ0n) is 18.8. The van der Waals surface area contributed by atoms with E-state index in [1.165, 1.54) is 5.39 Å². The van der Waals surface area contributed by atoms with Crippen molar-refractivity contribution >= 4 is 32.4 Å². The maximum absolute atomic E-state index is 5.18. The first-order valence-corrected chi connectivity index (χ1v) is 11.3. The summed E-state index contributed by atoms with van der Waals surface area (Å²) in [5.74, 6) is 0. The van der Waals surface area contributed by atoms with Gasteiger partial charge >= 0.3 is 21.1 Å². The molecule has 0 saturated carbocycles. The molecule has 0 N–H and O–H groups in total. The number of pyridine rings is 2. The number of hydrogen-bond donors (Lipinski definition) is 0. The molecule has 34 heavy (non-hydrogen) atoms. The normalized spacial score (nSPS) is 13.6. The Morgan fingerprint density at radius 3 is 2.18 bits per heavy atom. The molecule has 0 amide bonds. The van der Waals surface area contributed by atoms with Gasteiger partial charge in [-0.3, -0.25) is 4.98 Å². The number of aromatic nitrogens is 2. The Morgan fingerprint density at radius 2 is 1.29 bits per heavy atom. The van der Waals surface area contributed by atoms with Crippen molar-refractivity contribution < 1.29 is 21.1 Å². The van der Waals surface area contributed by atoms with E-state index < -0.39 is 0 Å². The fraction of sp³-hybridized carbons (Fsp3) is 0.0968. The molecule has 6 aromatic rings. The Labute approximate surface area is 213 Å². The summed E-state index contributed by atoms with van der Waals surface area (Å²) in [4.78, 5) is 10.3. The molecule has 3 heterocycles. The SMILES string of the molecule is CC1(C)c2[c-]c(ccc2)-c2ccc3ccc4ccc5ccc([c-]c5c4c3n2)-c2cccc1n2.[Pt+2]. The third-order valence-corrected chi connectivity index (χ3v) is 6.97. The third kappa shape index (κ3) is 3.06. The molecular formula is C31H20N2Pt. The summed E-state index contributed by atoms with van der Waals surface area (Å²) in [7, 11) is 0. The molecule has 0 saturated heterocycles. The Morgan fingerprint density at radius 1 is 0.618 bits per heavy atom. The van der Waals surface area contributed by atoms with Crippen molar-refractivity contribution in [2.45, 2.75) is 19.3 Å². The van der Waals surface area contributed by atoms with Gasteiger partial charge in [0.1, 0.15) is 0 Å². The van der Waals surface area contributed by atoms with Crippen LogP contribution < -0.4 is 0 Å². The molecule has 0 aliphatic carbocycles. The summed E-state index contributed by atoms with van der Waals surface area (Å²) in [5.41, 5.74) is 6.67. The second kappa shape index (κ2) is 7.58. The Hall–Kier alpha value is -3.35. The van der Waals surface area contributed by atoms with Gasteiger partial charge in [-0.25, -0.2) is 0 Å². The van der Waals surface area contributed by atoms with Crippen LogP contribution in [0.5, 0.6) is 0 Å². The summed E-state index contributed by atoms with van der Waals surface area (Å²) in [6, 6.07) is 37.2. The van der Waals surface area contributed by atoms with E-state index in [1.54, 1.807) is 0 Å². The second-order valence-electron chi connectivity index (χ2n) is 9.34. The van der Waals surface area contributed by atoms with Crippen molar-refractivity contribution in [1.29, 1.82) is 0 Å². The molecule has 1 aliphatic heterocycles. The van der Waals surface area contributed by atoms with Gasteiger partial charge in [0, 0.05) is 22.3 Å². The van der Waals surface area contributed by atoms with Crippen molar-refractivity contribution in [3.05, 3.63) is 108 Å². The molecule has 164 valence electrons. The van der Waals surface area contributed by atoms with E-state index in [0.717, 1.165) is 60.8 Å². The van der Waals surface area contributed by atoms with E-state index >= 15 is 0 Å². The molecule has 2 aromatic heterocycles. The number of benzene rings is 4. The van der Waals surface area contributed by atoms with Gasteiger partial charge in [-0.2, -0.15) is 0 Å². The van der Waals surface area contributed by atoms with Crippen LogP contribution in [0.1, 0.15) is 25.1 Å². The minimum Gasteiger partial charge on any atom is -0.304 e. The van der Waals surface area contributed by atoms with Crippen LogP contribution in [0.3, 0.4) is 0 Å². The maximum Gasteiger partial charge on any atom is 2.00 e. The molecule has 1 aliphatic rings. The average Bonchev–Trinajstić information content (AvgIpc) is 2.87. The van der Waals surface area contributed by atoms with Crippen molar-refractivity contribution in [2.75, 3.05) is 0 Å². The molecule has 0 atom stereocenters. The molecule has 2 nitrogen and oxygen atoms in total. The van der Waals surface area contributed by atoms with Gasteiger partial charge in [-0.05, 0) is 27.9 Å². The third-order valence-electron chi connectivity index (χ3n) is 6.97. The van der Waals surface area contributed by atoms with Gasteiger partial charge in [-0.1, -0.05) is 73.3 Å². The summed E-state index contributed by atoms with van der Waals surface area (Å²) in [6.07, 6.45) is 0. The summed E-state index contributed by atoms with van der Waals surface area (Å²) in [6.45, 7) is 4.42. The van der Waals surface area contributed by atoms with Crippen LogP contribution in [0.2, 0.25) is 0 Å². The summed E-state index contributed by atoms with van der Waals surface area (Å²) >= 11 is 0. The van der Waals surface area contributed by atoms with Crippen molar-refractivity contribution in [3.8, 4) is 22.5 Å². The number of nitrogens with zero attached hydrogens (tertiary/aromatic N) is 2. The van der Waals surface area contributed by atoms with Crippen LogP contribution in [0.25, 0.3) is 55.0 Å². The van der Waals surface area contributed by atoms with E-state index in [-0.39, 0.29) is 26.5 Å². The van der Waals surface area contributed by atoms with Crippen molar-refractivity contribution in [2.24, 2.45) is 0 Å². The van der Waals surface area contributed by atoms with Gasteiger partial charge in [0.05, 0.1) is 0 Å². The van der Waals surface area contributed by atoms with Crippen LogP contribution in [0, 0.1) is 12.1 Å². The van der Waals surface area contributed by atoms with Crippen molar-refractivity contribution in [3.63, 3.8) is 0 Å². The molecule has 8 bridgehead atoms. The number of hydrogen-bond acceptors (Lipinski definition) is 2. The predicted molar refractivity (Wildman–Crippen MR) is 135 cm³/mol. The molecule has 0 spiro atoms. The second-order valence-corrected chi connectivity index (χ2v) is 9.34. The van der Waals surface area contributed by atoms with Crippen LogP contribution in [-0.2, 0) is 26.5 Å². The van der Waals surface area contributed by atoms with E-state index in [9.17, 15) is 0 Å². The van der Waals surface area contributed by atoms with Crippen LogP contribution >= 0.6 is 0 Å². The van der Waals surface area contributed by atoms with Crippen LogP contribution in [0.15, 0.2) is 84.9 Å². The fourth-order valence-corrected chi connectivity index (χ4v) is 4.99. The fourth-order valence-electron chi connectivity index (χ4n) is 4.99. The zero-order chi connectivity index (χ0) is 22.2. The number of rotatable bonds is 0. The molecule has 0 unspecified atom stereocenters. The molecule has 3 heteroatoms. The summed E-state index contributed by atoms with van der Waals surface area (Å²) < 4.78 is 0. The quantitative estimate of drug-likeness (QED) is 0.131. The van der Waals surface area contributed by atoms with Crippen LogP contribution in [0.4, 0.5) is 0 Å². The monoisotopic (exact) mass is 615 g/mol. The maximum atomic E-state index is 5.18. The first-order chi connectivity index (χ1) is 16.1. The van der Waals surface area contributed by atoms with Gasteiger partial charge in [0.25, 0.3) is 0 Å². The van der Waals surface area contributed by atoms with Crippen LogP contribution in [-0.4, -0.2) is 9.97 Å². The average molecular weight is 616 g/mol. The van der Waals surface area contributed by atoms with Crippen molar-refractivity contribution in [1.82, 2.24) is 9.97 Å². The first kappa shape index (κ1) is 21.2. The van der Waals surface area contributed by atoms with Gasteiger partial charge in [-0.15, -0.1) is 59.0 Å². The van der Waals surface area contributed by atoms with Gasteiger partial charge in [0.2, 0.25) is 0 Å². The smallest absolute Gasteiger partial charge is 0.304 e. The zero-order valence-corrected chi connectivity index (χ0v) is 21.1. The Kier molecular flexibility index (Phi) is 4.73. The Balaban J connectivity index is 0.00000217. The van der Waals surface area contributed by atoms with E-state index in [4.69, 9.17) is 9.97 Å². The van der Waals surface area contributed by atoms with E-state index in [0.29, 0.717) is 0 Å². The minimum atomic E-state index is -0.303. The van der Waals surface area contributed by atoms with Gasteiger partial charge < -0.3 is 4.98 Å². The van der Waals surface area contributed by atoms with E-state index in [1.807, 2.05) is 0 Å². The number of fused-ring (bicyclic) bond motifs is 8. The van der Waals surface area contributed by atoms with Gasteiger partial charge in [0.15, 0.2) is 0 Å². The molecule has 4 aromatic carbocycles.